The molecule has 3 fully saturated rings. The summed E-state index contributed by atoms with van der Waals surface area (Å²) in [6.45, 7) is 8.03. The molecule has 0 radical (unpaired) electrons. The molecule has 1 unspecified atom stereocenters. The summed E-state index contributed by atoms with van der Waals surface area (Å²) in [5.41, 5.74) is -3.13. The van der Waals surface area contributed by atoms with E-state index in [4.69, 9.17) is 25.6 Å². The summed E-state index contributed by atoms with van der Waals surface area (Å²) in [5.74, 6) is -3.25. The first-order valence-corrected chi connectivity index (χ1v) is 15.7. The summed E-state index contributed by atoms with van der Waals surface area (Å²) in [6.07, 6.45) is 4.69. The molecule has 8 atom stereocenters. The number of phosphoric acid groups is 1. The third kappa shape index (κ3) is 4.55. The van der Waals surface area contributed by atoms with E-state index in [0.717, 1.165) is 5.57 Å². The number of esters is 2. The van der Waals surface area contributed by atoms with Crippen LogP contribution < -0.4 is 0 Å². The van der Waals surface area contributed by atoms with Crippen LogP contribution in [0.15, 0.2) is 23.8 Å². The zero-order valence-electron chi connectivity index (χ0n) is 23.5. The predicted octanol–water partition coefficient (Wildman–Crippen LogP) is 4.20. The van der Waals surface area contributed by atoms with Gasteiger partial charge in [-0.15, -0.1) is 11.6 Å². The van der Waals surface area contributed by atoms with E-state index in [2.05, 4.69) is 0 Å². The van der Waals surface area contributed by atoms with E-state index in [0.29, 0.717) is 19.3 Å². The van der Waals surface area contributed by atoms with Crippen LogP contribution in [0.4, 0.5) is 0 Å². The average molecular weight is 601 g/mol. The Bertz CT molecular complexity index is 1220. The first-order chi connectivity index (χ1) is 18.5. The van der Waals surface area contributed by atoms with Crippen LogP contribution >= 0.6 is 19.4 Å². The van der Waals surface area contributed by atoms with Gasteiger partial charge in [-0.25, -0.2) is 4.57 Å². The molecule has 222 valence electrons. The van der Waals surface area contributed by atoms with Gasteiger partial charge in [0.15, 0.2) is 18.0 Å². The van der Waals surface area contributed by atoms with E-state index in [-0.39, 0.29) is 31.0 Å². The van der Waals surface area contributed by atoms with Gasteiger partial charge in [-0.2, -0.15) is 0 Å². The molecular formula is C28H38ClO10P. The second-order valence-electron chi connectivity index (χ2n) is 12.0. The Morgan fingerprint density at radius 2 is 1.77 bits per heavy atom. The van der Waals surface area contributed by atoms with Crippen molar-refractivity contribution in [2.75, 3.05) is 6.61 Å². The minimum Gasteiger partial charge on any atom is -0.457 e. The number of carbonyl (C=O) groups excluding carboxylic acids is 4. The standard InChI is InChI=1S/C28H38ClO10P/c1-6-23(32)37-15-21(31)28(38-24(33)7-2)16(3)12-20-19-9-8-17-13-18(30)10-11-25(17,4)27(19,29)22(14-26(20,28)5)39-40(34,35)36/h10-11,13,16,19-20,22H,6-9,12,14-15H2,1-5H3,(H2,34,35,36)/t16-,19-,20-,22-,25-,26-,27?,28-/m0/s1. The van der Waals surface area contributed by atoms with E-state index in [9.17, 15) is 33.5 Å². The zero-order valence-corrected chi connectivity index (χ0v) is 25.1. The maximum atomic E-state index is 14.0. The molecule has 0 amide bonds. The van der Waals surface area contributed by atoms with Gasteiger partial charge >= 0.3 is 19.8 Å². The number of ketones is 2. The minimum absolute atomic E-state index is 0.00637. The molecule has 0 aromatic rings. The van der Waals surface area contributed by atoms with E-state index in [1.807, 2.05) is 6.92 Å². The van der Waals surface area contributed by atoms with Crippen molar-refractivity contribution in [3.8, 4) is 0 Å². The average Bonchev–Trinajstić information content (AvgIpc) is 3.09. The Hall–Kier alpha value is -1.84. The maximum absolute atomic E-state index is 14.0. The van der Waals surface area contributed by atoms with Crippen molar-refractivity contribution < 1.29 is 47.5 Å². The van der Waals surface area contributed by atoms with Crippen molar-refractivity contribution in [1.82, 2.24) is 0 Å². The number of Topliss-reactive ketones (excluding diaryl/α,β-unsaturated/α-hetero) is 1. The van der Waals surface area contributed by atoms with Gasteiger partial charge in [0.05, 0.1) is 11.0 Å². The van der Waals surface area contributed by atoms with E-state index < -0.39 is 71.4 Å². The van der Waals surface area contributed by atoms with Gasteiger partial charge < -0.3 is 19.3 Å². The lowest BCUT2D eigenvalue weighted by molar-refractivity contribution is -0.202. The van der Waals surface area contributed by atoms with E-state index in [1.165, 1.54) is 12.2 Å². The number of halogens is 1. The number of allylic oxidation sites excluding steroid dienone is 4. The van der Waals surface area contributed by atoms with Crippen LogP contribution in [0.3, 0.4) is 0 Å². The number of fused-ring (bicyclic) bond motifs is 5. The Kier molecular flexibility index (Phi) is 8.13. The van der Waals surface area contributed by atoms with Crippen molar-refractivity contribution in [2.24, 2.45) is 28.6 Å². The minimum atomic E-state index is -5.10. The highest BCUT2D eigenvalue weighted by molar-refractivity contribution is 7.46. The molecular weight excluding hydrogens is 563 g/mol. The van der Waals surface area contributed by atoms with Crippen LogP contribution in [0.25, 0.3) is 0 Å². The molecule has 4 aliphatic carbocycles. The summed E-state index contributed by atoms with van der Waals surface area (Å²) in [5, 5.41) is 0. The lowest BCUT2D eigenvalue weighted by atomic mass is 9.45. The number of alkyl halides is 1. The second kappa shape index (κ2) is 10.5. The molecule has 0 bridgehead atoms. The fraction of sp³-hybridized carbons (Fsp3) is 0.714. The van der Waals surface area contributed by atoms with Crippen molar-refractivity contribution in [2.45, 2.75) is 89.7 Å². The topological polar surface area (TPSA) is 154 Å². The molecule has 4 rings (SSSR count). The van der Waals surface area contributed by atoms with Gasteiger partial charge in [-0.05, 0) is 49.7 Å². The molecule has 12 heteroatoms. The summed E-state index contributed by atoms with van der Waals surface area (Å²) < 4.78 is 29.1. The lowest BCUT2D eigenvalue weighted by Crippen LogP contribution is -2.70. The second-order valence-corrected chi connectivity index (χ2v) is 13.8. The van der Waals surface area contributed by atoms with Crippen molar-refractivity contribution in [3.05, 3.63) is 23.8 Å². The SMILES string of the molecule is CCC(=O)OCC(=O)[C@@]1(OC(=O)CC)[C@@H](C)C[C@H]2[C@@H]3CCC4=CC(=O)C=C[C@]4(C)C3(Cl)[C@@H](OP(=O)(O)O)C[C@@]21C. The maximum Gasteiger partial charge on any atom is 0.469 e. The Morgan fingerprint density at radius 3 is 2.38 bits per heavy atom. The molecule has 0 spiro atoms. The first kappa shape index (κ1) is 31.1. The van der Waals surface area contributed by atoms with Gasteiger partial charge in [0.1, 0.15) is 0 Å². The van der Waals surface area contributed by atoms with Crippen molar-refractivity contribution in [3.63, 3.8) is 0 Å². The Labute approximate surface area is 239 Å². The molecule has 0 aromatic carbocycles. The predicted molar refractivity (Wildman–Crippen MR) is 144 cm³/mol. The van der Waals surface area contributed by atoms with Crippen LogP contribution in [0.2, 0.25) is 0 Å². The third-order valence-electron chi connectivity index (χ3n) is 10.1. The summed E-state index contributed by atoms with van der Waals surface area (Å²) >= 11 is 7.58. The largest absolute Gasteiger partial charge is 0.469 e. The molecule has 0 saturated heterocycles. The van der Waals surface area contributed by atoms with Crippen molar-refractivity contribution >= 4 is 42.9 Å². The van der Waals surface area contributed by atoms with E-state index >= 15 is 0 Å². The lowest BCUT2D eigenvalue weighted by Gasteiger charge is -2.64. The monoisotopic (exact) mass is 600 g/mol. The van der Waals surface area contributed by atoms with Crippen LogP contribution in [0, 0.1) is 28.6 Å². The van der Waals surface area contributed by atoms with Gasteiger partial charge in [0, 0.05) is 29.6 Å². The smallest absolute Gasteiger partial charge is 0.457 e. The number of rotatable bonds is 8. The first-order valence-electron chi connectivity index (χ1n) is 13.8. The van der Waals surface area contributed by atoms with Crippen LogP contribution in [0.1, 0.15) is 73.1 Å². The van der Waals surface area contributed by atoms with E-state index in [1.54, 1.807) is 33.8 Å². The number of hydrogen-bond acceptors (Lipinski definition) is 8. The number of phosphoric ester groups is 1. The molecule has 2 N–H and O–H groups in total. The molecule has 10 nitrogen and oxygen atoms in total. The number of hydrogen-bond donors (Lipinski definition) is 2. The zero-order chi connectivity index (χ0) is 29.9. The molecule has 4 aliphatic rings. The molecule has 0 heterocycles. The Morgan fingerprint density at radius 1 is 1.12 bits per heavy atom. The van der Waals surface area contributed by atoms with Gasteiger partial charge in [-0.3, -0.25) is 23.7 Å². The van der Waals surface area contributed by atoms with Crippen molar-refractivity contribution in [1.29, 1.82) is 0 Å². The quantitative estimate of drug-likeness (QED) is 0.235. The Balaban J connectivity index is 1.90. The van der Waals surface area contributed by atoms with Gasteiger partial charge in [0.25, 0.3) is 0 Å². The fourth-order valence-corrected chi connectivity index (χ4v) is 9.45. The summed E-state index contributed by atoms with van der Waals surface area (Å²) in [4.78, 5) is 69.7. The normalized spacial score (nSPS) is 40.4. The molecule has 0 aromatic heterocycles. The van der Waals surface area contributed by atoms with Gasteiger partial charge in [-0.1, -0.05) is 46.3 Å². The molecule has 40 heavy (non-hydrogen) atoms. The molecule has 3 saturated carbocycles. The van der Waals surface area contributed by atoms with Crippen LogP contribution in [0.5, 0.6) is 0 Å². The number of carbonyl (C=O) groups is 4. The van der Waals surface area contributed by atoms with Gasteiger partial charge in [0.2, 0.25) is 5.78 Å². The fourth-order valence-electron chi connectivity index (χ4n) is 8.25. The molecule has 0 aliphatic heterocycles. The highest BCUT2D eigenvalue weighted by Gasteiger charge is 2.77. The number of ether oxygens (including phenoxy) is 2. The summed E-state index contributed by atoms with van der Waals surface area (Å²) in [6, 6.07) is 0. The summed E-state index contributed by atoms with van der Waals surface area (Å²) in [7, 11) is -5.10. The third-order valence-corrected chi connectivity index (χ3v) is 11.5. The van der Waals surface area contributed by atoms with Crippen LogP contribution in [-0.2, 0) is 37.7 Å². The van der Waals surface area contributed by atoms with Crippen LogP contribution in [-0.4, -0.2) is 56.5 Å². The highest BCUT2D eigenvalue weighted by Crippen LogP contribution is 2.73. The highest BCUT2D eigenvalue weighted by atomic mass is 35.5.